The van der Waals surface area contributed by atoms with Crippen LogP contribution in [0.1, 0.15) is 5.56 Å². The number of ether oxygens (including phenoxy) is 4. The third-order valence-electron chi connectivity index (χ3n) is 6.94. The summed E-state index contributed by atoms with van der Waals surface area (Å²) < 4.78 is 26.9. The number of aliphatic hydroxyl groups excluding tert-OH is 3. The molecule has 0 amide bonds. The van der Waals surface area contributed by atoms with Gasteiger partial charge in [0, 0.05) is 23.8 Å². The molecular weight excluding hydrogens is 612 g/mol. The molecule has 1 fully saturated rings. The van der Waals surface area contributed by atoms with Gasteiger partial charge < -0.3 is 59.1 Å². The van der Waals surface area contributed by atoms with Crippen molar-refractivity contribution in [3.63, 3.8) is 0 Å². The number of phenols is 3. The van der Waals surface area contributed by atoms with Crippen molar-refractivity contribution in [2.24, 2.45) is 0 Å². The molecule has 0 spiro atoms. The van der Waals surface area contributed by atoms with E-state index < -0.39 is 70.7 Å². The Bertz CT molecular complexity index is 1880. The lowest BCUT2D eigenvalue weighted by Crippen LogP contribution is -2.61. The van der Waals surface area contributed by atoms with Crippen LogP contribution >= 0.6 is 0 Å². The molecule has 3 aromatic carbocycles. The maximum atomic E-state index is 13.2. The highest BCUT2D eigenvalue weighted by atomic mass is 16.7. The van der Waals surface area contributed by atoms with Crippen LogP contribution in [0.25, 0.3) is 28.4 Å². The first-order chi connectivity index (χ1) is 21.9. The van der Waals surface area contributed by atoms with Crippen molar-refractivity contribution in [2.75, 3.05) is 7.11 Å². The van der Waals surface area contributed by atoms with Crippen LogP contribution in [-0.4, -0.2) is 85.5 Å². The van der Waals surface area contributed by atoms with Gasteiger partial charge in [-0.1, -0.05) is 6.07 Å². The van der Waals surface area contributed by atoms with Gasteiger partial charge in [0.25, 0.3) is 0 Å². The molecule has 0 unspecified atom stereocenters. The maximum Gasteiger partial charge on any atom is 0.336 e. The number of carbonyl (C=O) groups excluding carboxylic acids is 1. The van der Waals surface area contributed by atoms with Crippen molar-refractivity contribution in [1.82, 2.24) is 0 Å². The molecule has 1 aliphatic heterocycles. The van der Waals surface area contributed by atoms with E-state index in [1.54, 1.807) is 0 Å². The van der Waals surface area contributed by atoms with Gasteiger partial charge in [-0.25, -0.2) is 9.59 Å². The minimum atomic E-state index is -2.05. The fourth-order valence-electron chi connectivity index (χ4n) is 4.59. The van der Waals surface area contributed by atoms with Crippen LogP contribution in [-0.2, 0) is 14.3 Å². The number of benzene rings is 3. The highest BCUT2D eigenvalue weighted by Crippen LogP contribution is 2.44. The average Bonchev–Trinajstić information content (AvgIpc) is 3.02. The van der Waals surface area contributed by atoms with Crippen molar-refractivity contribution in [2.45, 2.75) is 30.7 Å². The molecule has 0 bridgehead atoms. The second kappa shape index (κ2) is 12.8. The summed E-state index contributed by atoms with van der Waals surface area (Å²) in [5.41, 5.74) is -0.331. The number of carboxylic acid groups (broad SMARTS) is 1. The number of esters is 1. The van der Waals surface area contributed by atoms with Crippen LogP contribution in [0.2, 0.25) is 0 Å². The quantitative estimate of drug-likeness (QED) is 0.0821. The maximum absolute atomic E-state index is 13.2. The fraction of sp³-hybridized carbons (Fsp3) is 0.194. The van der Waals surface area contributed by atoms with E-state index in [1.807, 2.05) is 0 Å². The summed E-state index contributed by atoms with van der Waals surface area (Å²) in [4.78, 5) is 37.6. The normalized spacial score (nSPS) is 21.3. The number of fused-ring (bicyclic) bond motifs is 1. The van der Waals surface area contributed by atoms with Gasteiger partial charge in [-0.05, 0) is 48.0 Å². The molecule has 46 heavy (non-hydrogen) atoms. The number of aromatic hydroxyl groups is 3. The molecule has 15 heteroatoms. The van der Waals surface area contributed by atoms with E-state index in [-0.39, 0.29) is 28.6 Å². The fourth-order valence-corrected chi connectivity index (χ4v) is 4.59. The molecule has 2 heterocycles. The van der Waals surface area contributed by atoms with Gasteiger partial charge in [0.05, 0.1) is 7.11 Å². The smallest absolute Gasteiger partial charge is 0.336 e. The van der Waals surface area contributed by atoms with Crippen molar-refractivity contribution in [3.8, 4) is 45.8 Å². The Hall–Kier alpha value is -5.61. The summed E-state index contributed by atoms with van der Waals surface area (Å²) >= 11 is 0. The highest BCUT2D eigenvalue weighted by Gasteiger charge is 2.48. The zero-order valence-corrected chi connectivity index (χ0v) is 23.6. The number of carboxylic acids is 1. The number of carbonyl (C=O) groups is 2. The van der Waals surface area contributed by atoms with Gasteiger partial charge in [0.2, 0.25) is 12.0 Å². The van der Waals surface area contributed by atoms with Gasteiger partial charge in [-0.15, -0.1) is 0 Å². The van der Waals surface area contributed by atoms with Crippen LogP contribution in [0.5, 0.6) is 34.5 Å². The third-order valence-corrected chi connectivity index (χ3v) is 6.94. The van der Waals surface area contributed by atoms with E-state index in [0.29, 0.717) is 11.1 Å². The Morgan fingerprint density at radius 1 is 0.891 bits per heavy atom. The number of methoxy groups -OCH3 is 1. The average molecular weight is 639 g/mol. The van der Waals surface area contributed by atoms with Gasteiger partial charge in [-0.2, -0.15) is 0 Å². The summed E-state index contributed by atoms with van der Waals surface area (Å²) in [6.45, 7) is 0. The van der Waals surface area contributed by atoms with Gasteiger partial charge in [0.15, 0.2) is 34.5 Å². The van der Waals surface area contributed by atoms with E-state index in [4.69, 9.17) is 23.4 Å². The Balaban J connectivity index is 1.58. The second-order valence-corrected chi connectivity index (χ2v) is 9.99. The zero-order chi connectivity index (χ0) is 33.3. The second-order valence-electron chi connectivity index (χ2n) is 9.99. The summed E-state index contributed by atoms with van der Waals surface area (Å²) in [5.74, 6) is -5.18. The first-order valence-corrected chi connectivity index (χ1v) is 13.4. The molecule has 5 rings (SSSR count). The van der Waals surface area contributed by atoms with Crippen LogP contribution in [0.3, 0.4) is 0 Å². The molecule has 5 atom stereocenters. The third kappa shape index (κ3) is 6.29. The van der Waals surface area contributed by atoms with Crippen LogP contribution in [0.15, 0.2) is 69.9 Å². The van der Waals surface area contributed by atoms with Gasteiger partial charge >= 0.3 is 11.9 Å². The van der Waals surface area contributed by atoms with Crippen molar-refractivity contribution in [3.05, 3.63) is 76.5 Å². The topological polar surface area (TPSA) is 243 Å². The number of hydrogen-bond donors (Lipinski definition) is 7. The Morgan fingerprint density at radius 2 is 1.61 bits per heavy atom. The monoisotopic (exact) mass is 638 g/mol. The van der Waals surface area contributed by atoms with Crippen LogP contribution in [0.4, 0.5) is 0 Å². The first kappa shape index (κ1) is 31.8. The van der Waals surface area contributed by atoms with Crippen molar-refractivity contribution in [1.29, 1.82) is 0 Å². The Labute approximate surface area is 257 Å². The molecule has 7 N–H and O–H groups in total. The lowest BCUT2D eigenvalue weighted by Gasteiger charge is -2.38. The molecule has 0 aliphatic carbocycles. The summed E-state index contributed by atoms with van der Waals surface area (Å²) in [6.07, 6.45) is -7.96. The van der Waals surface area contributed by atoms with Crippen LogP contribution < -0.4 is 19.6 Å². The summed E-state index contributed by atoms with van der Waals surface area (Å²) in [7, 11) is 1.33. The highest BCUT2D eigenvalue weighted by molar-refractivity contribution is 5.94. The molecule has 0 radical (unpaired) electrons. The predicted molar refractivity (Wildman–Crippen MR) is 156 cm³/mol. The largest absolute Gasteiger partial charge is 0.508 e. The van der Waals surface area contributed by atoms with E-state index >= 15 is 0 Å². The zero-order valence-electron chi connectivity index (χ0n) is 23.6. The Kier molecular flexibility index (Phi) is 8.84. The van der Waals surface area contributed by atoms with E-state index in [1.165, 1.54) is 55.7 Å². The molecule has 15 nitrogen and oxygen atoms in total. The number of phenolic OH excluding ortho intramolecular Hbond substituents is 3. The minimum absolute atomic E-state index is 0.00158. The van der Waals surface area contributed by atoms with E-state index in [2.05, 4.69) is 0 Å². The standard InChI is InChI=1S/C31H26O15/c1-42-19-10-13(2-8-16(19)33)3-9-22(35)45-28-21(44-31-27(39)25(37)26(38)29(46-31)30(40)41)12-20-23(24(28)36)17(34)11-18(43-20)14-4-6-15(32)7-5-14/h2-12,25-27,29,31-33,36-39H,1H3,(H,40,41)/t25-,26-,27+,29-,31-/m1/s1. The van der Waals surface area contributed by atoms with Crippen molar-refractivity contribution < 1.29 is 68.7 Å². The number of rotatable bonds is 8. The number of aliphatic carboxylic acids is 1. The first-order valence-electron chi connectivity index (χ1n) is 13.4. The number of aliphatic hydroxyl groups is 3. The lowest BCUT2D eigenvalue weighted by molar-refractivity contribution is -0.271. The molecule has 4 aromatic rings. The molecule has 1 saturated heterocycles. The Morgan fingerprint density at radius 3 is 2.28 bits per heavy atom. The summed E-state index contributed by atoms with van der Waals surface area (Å²) in [5, 5.41) is 70.3. The van der Waals surface area contributed by atoms with Crippen molar-refractivity contribution >= 4 is 29.0 Å². The van der Waals surface area contributed by atoms with E-state index in [9.17, 15) is 50.1 Å². The van der Waals surface area contributed by atoms with Crippen LogP contribution in [0, 0.1) is 0 Å². The number of hydrogen-bond acceptors (Lipinski definition) is 14. The minimum Gasteiger partial charge on any atom is -0.508 e. The molecule has 1 aliphatic rings. The molecule has 0 saturated carbocycles. The molecule has 1 aromatic heterocycles. The molecule has 240 valence electrons. The lowest BCUT2D eigenvalue weighted by atomic mass is 9.99. The van der Waals surface area contributed by atoms with E-state index in [0.717, 1.165) is 18.2 Å². The SMILES string of the molecule is COc1cc(C=CC(=O)Oc2c(O[C@@H]3O[C@@H](C(=O)O)[C@H](O)[C@@H](O)[C@@H]3O)cc3oc(-c4ccc(O)cc4)cc(=O)c3c2O)ccc1O. The summed E-state index contributed by atoms with van der Waals surface area (Å²) in [6, 6.07) is 11.8. The predicted octanol–water partition coefficient (Wildman–Crippen LogP) is 1.48. The molecular formula is C31H26O15. The van der Waals surface area contributed by atoms with Gasteiger partial charge in [0.1, 0.15) is 40.8 Å². The van der Waals surface area contributed by atoms with Gasteiger partial charge in [-0.3, -0.25) is 4.79 Å².